The first-order valence-electron chi connectivity index (χ1n) is 5.28. The number of rotatable bonds is 6. The SMILES string of the molecule is CCCCC/C=C(\C(=O)[O-])c1csc(N)n1. The van der Waals surface area contributed by atoms with Gasteiger partial charge in [-0.05, 0) is 12.8 Å². The van der Waals surface area contributed by atoms with Crippen molar-refractivity contribution in [1.82, 2.24) is 4.98 Å². The molecule has 16 heavy (non-hydrogen) atoms. The highest BCUT2D eigenvalue weighted by molar-refractivity contribution is 7.13. The number of carboxylic acids is 1. The average molecular weight is 239 g/mol. The molecule has 0 unspecified atom stereocenters. The Balaban J connectivity index is 2.71. The molecule has 0 bridgehead atoms. The number of hydrogen-bond donors (Lipinski definition) is 1. The van der Waals surface area contributed by atoms with Gasteiger partial charge in [0.25, 0.3) is 0 Å². The molecule has 5 heteroatoms. The number of carbonyl (C=O) groups excluding carboxylic acids is 1. The smallest absolute Gasteiger partial charge is 0.180 e. The Hall–Kier alpha value is -1.36. The van der Waals surface area contributed by atoms with Gasteiger partial charge in [0.05, 0.1) is 11.7 Å². The van der Waals surface area contributed by atoms with Gasteiger partial charge >= 0.3 is 0 Å². The summed E-state index contributed by atoms with van der Waals surface area (Å²) >= 11 is 1.23. The van der Waals surface area contributed by atoms with Gasteiger partial charge in [-0.15, -0.1) is 11.3 Å². The largest absolute Gasteiger partial charge is 0.545 e. The third-order valence-corrected chi connectivity index (χ3v) is 2.85. The van der Waals surface area contributed by atoms with Gasteiger partial charge in [-0.1, -0.05) is 25.8 Å². The number of allylic oxidation sites excluding steroid dienone is 1. The first kappa shape index (κ1) is 12.7. The molecule has 88 valence electrons. The zero-order valence-corrected chi connectivity index (χ0v) is 10.0. The third kappa shape index (κ3) is 3.66. The molecule has 2 N–H and O–H groups in total. The maximum Gasteiger partial charge on any atom is 0.180 e. The lowest BCUT2D eigenvalue weighted by Gasteiger charge is -2.05. The van der Waals surface area contributed by atoms with Crippen LogP contribution in [0.15, 0.2) is 11.5 Å². The maximum atomic E-state index is 10.9. The van der Waals surface area contributed by atoms with Crippen molar-refractivity contribution in [1.29, 1.82) is 0 Å². The van der Waals surface area contributed by atoms with Crippen molar-refractivity contribution in [3.63, 3.8) is 0 Å². The standard InChI is InChI=1S/C11H16N2O2S/c1-2-3-4-5-6-8(10(14)15)9-7-16-11(12)13-9/h6-7H,2-5H2,1H3,(H2,12,13)(H,14,15)/p-1/b8-6-. The minimum absolute atomic E-state index is 0.143. The van der Waals surface area contributed by atoms with E-state index in [0.717, 1.165) is 25.7 Å². The van der Waals surface area contributed by atoms with Gasteiger partial charge in [-0.2, -0.15) is 0 Å². The monoisotopic (exact) mass is 239 g/mol. The van der Waals surface area contributed by atoms with E-state index >= 15 is 0 Å². The molecule has 1 aromatic heterocycles. The maximum absolute atomic E-state index is 10.9. The van der Waals surface area contributed by atoms with Crippen LogP contribution in [0.3, 0.4) is 0 Å². The summed E-state index contributed by atoms with van der Waals surface area (Å²) in [6, 6.07) is 0. The van der Waals surface area contributed by atoms with Crippen molar-refractivity contribution >= 4 is 28.0 Å². The Kier molecular flexibility index (Phi) is 4.98. The van der Waals surface area contributed by atoms with Crippen LogP contribution in [0.4, 0.5) is 5.13 Å². The number of thiazole rings is 1. The van der Waals surface area contributed by atoms with Crippen LogP contribution in [-0.2, 0) is 4.79 Å². The molecular weight excluding hydrogens is 224 g/mol. The lowest BCUT2D eigenvalue weighted by atomic mass is 10.1. The summed E-state index contributed by atoms with van der Waals surface area (Å²) < 4.78 is 0. The van der Waals surface area contributed by atoms with Crippen LogP contribution < -0.4 is 10.8 Å². The Morgan fingerprint density at radius 2 is 2.38 bits per heavy atom. The summed E-state index contributed by atoms with van der Waals surface area (Å²) in [7, 11) is 0. The Labute approximate surface area is 98.8 Å². The number of anilines is 1. The molecule has 1 rings (SSSR count). The van der Waals surface area contributed by atoms with Gasteiger partial charge in [-0.3, -0.25) is 0 Å². The predicted octanol–water partition coefficient (Wildman–Crippen LogP) is 1.44. The van der Waals surface area contributed by atoms with E-state index in [9.17, 15) is 9.90 Å². The fourth-order valence-electron chi connectivity index (χ4n) is 1.34. The number of carbonyl (C=O) groups is 1. The molecule has 4 nitrogen and oxygen atoms in total. The number of nitrogen functional groups attached to an aromatic ring is 1. The molecule has 0 aliphatic carbocycles. The number of hydrogen-bond acceptors (Lipinski definition) is 5. The molecule has 0 aliphatic rings. The summed E-state index contributed by atoms with van der Waals surface area (Å²) in [5.74, 6) is -1.19. The second kappa shape index (κ2) is 6.27. The second-order valence-electron chi connectivity index (χ2n) is 3.47. The fraction of sp³-hybridized carbons (Fsp3) is 0.455. The first-order chi connectivity index (χ1) is 7.65. The predicted molar refractivity (Wildman–Crippen MR) is 63.7 cm³/mol. The van der Waals surface area contributed by atoms with Crippen LogP contribution in [0.25, 0.3) is 5.57 Å². The summed E-state index contributed by atoms with van der Waals surface area (Å²) in [6.45, 7) is 2.10. The number of nitrogens with two attached hydrogens (primary N) is 1. The van der Waals surface area contributed by atoms with Crippen LogP contribution >= 0.6 is 11.3 Å². The molecule has 0 aromatic carbocycles. The summed E-state index contributed by atoms with van der Waals surface area (Å²) in [4.78, 5) is 14.9. The summed E-state index contributed by atoms with van der Waals surface area (Å²) in [5.41, 5.74) is 6.00. The van der Waals surface area contributed by atoms with Gasteiger partial charge < -0.3 is 15.6 Å². The normalized spacial score (nSPS) is 11.7. The highest BCUT2D eigenvalue weighted by atomic mass is 32.1. The molecule has 1 heterocycles. The van der Waals surface area contributed by atoms with E-state index in [1.165, 1.54) is 11.3 Å². The van der Waals surface area contributed by atoms with Crippen LogP contribution in [0.2, 0.25) is 0 Å². The lowest BCUT2D eigenvalue weighted by molar-refractivity contribution is -0.295. The first-order valence-corrected chi connectivity index (χ1v) is 6.16. The number of nitrogens with zero attached hydrogens (tertiary/aromatic N) is 1. The zero-order valence-electron chi connectivity index (χ0n) is 9.23. The summed E-state index contributed by atoms with van der Waals surface area (Å²) in [5, 5.41) is 12.9. The zero-order chi connectivity index (χ0) is 12.0. The highest BCUT2D eigenvalue weighted by Crippen LogP contribution is 2.19. The van der Waals surface area contributed by atoms with Crippen LogP contribution in [-0.4, -0.2) is 11.0 Å². The molecule has 0 aliphatic heterocycles. The number of aliphatic carboxylic acids is 1. The van der Waals surface area contributed by atoms with Gasteiger partial charge in [0.1, 0.15) is 0 Å². The highest BCUT2D eigenvalue weighted by Gasteiger charge is 2.06. The molecule has 0 saturated heterocycles. The molecule has 0 radical (unpaired) electrons. The van der Waals surface area contributed by atoms with Crippen molar-refractivity contribution in [2.24, 2.45) is 0 Å². The fourth-order valence-corrected chi connectivity index (χ4v) is 1.91. The van der Waals surface area contributed by atoms with E-state index in [1.54, 1.807) is 11.5 Å². The Morgan fingerprint density at radius 3 is 2.88 bits per heavy atom. The average Bonchev–Trinajstić information content (AvgIpc) is 2.64. The van der Waals surface area contributed by atoms with Crippen molar-refractivity contribution in [2.45, 2.75) is 32.6 Å². The van der Waals surface area contributed by atoms with E-state index in [1.807, 2.05) is 0 Å². The van der Waals surface area contributed by atoms with E-state index in [4.69, 9.17) is 5.73 Å². The minimum Gasteiger partial charge on any atom is -0.545 e. The van der Waals surface area contributed by atoms with Gasteiger partial charge in [-0.25, -0.2) is 4.98 Å². The molecular formula is C11H15N2O2S-. The van der Waals surface area contributed by atoms with E-state index in [0.29, 0.717) is 10.8 Å². The van der Waals surface area contributed by atoms with Crippen LogP contribution in [0.5, 0.6) is 0 Å². The molecule has 0 amide bonds. The lowest BCUT2D eigenvalue weighted by Crippen LogP contribution is -2.23. The molecule has 0 saturated carbocycles. The minimum atomic E-state index is -1.19. The van der Waals surface area contributed by atoms with Gasteiger partial charge in [0.2, 0.25) is 0 Å². The molecule has 0 spiro atoms. The number of unbranched alkanes of at least 4 members (excludes halogenated alkanes) is 3. The molecule has 1 aromatic rings. The van der Waals surface area contributed by atoms with E-state index < -0.39 is 5.97 Å². The van der Waals surface area contributed by atoms with Crippen molar-refractivity contribution in [3.8, 4) is 0 Å². The summed E-state index contributed by atoms with van der Waals surface area (Å²) in [6.07, 6.45) is 5.58. The van der Waals surface area contributed by atoms with E-state index in [-0.39, 0.29) is 5.57 Å². The molecule has 0 fully saturated rings. The quantitative estimate of drug-likeness (QED) is 0.601. The number of carboxylic acid groups (broad SMARTS) is 1. The third-order valence-electron chi connectivity index (χ3n) is 2.17. The van der Waals surface area contributed by atoms with Crippen molar-refractivity contribution in [2.75, 3.05) is 5.73 Å². The number of aromatic nitrogens is 1. The topological polar surface area (TPSA) is 79.0 Å². The van der Waals surface area contributed by atoms with Crippen molar-refractivity contribution in [3.05, 3.63) is 17.2 Å². The van der Waals surface area contributed by atoms with Crippen LogP contribution in [0, 0.1) is 0 Å². The Bertz CT molecular complexity index is 385. The van der Waals surface area contributed by atoms with Gasteiger partial charge in [0, 0.05) is 11.0 Å². The Morgan fingerprint density at radius 1 is 1.62 bits per heavy atom. The van der Waals surface area contributed by atoms with Gasteiger partial charge in [0.15, 0.2) is 5.13 Å². The van der Waals surface area contributed by atoms with E-state index in [2.05, 4.69) is 11.9 Å². The van der Waals surface area contributed by atoms with Crippen LogP contribution in [0.1, 0.15) is 38.3 Å². The van der Waals surface area contributed by atoms with Crippen molar-refractivity contribution < 1.29 is 9.90 Å². The second-order valence-corrected chi connectivity index (χ2v) is 4.36. The molecule has 0 atom stereocenters.